The number of aromatic nitrogens is 1. The van der Waals surface area contributed by atoms with Crippen molar-refractivity contribution in [3.63, 3.8) is 0 Å². The zero-order valence-corrected chi connectivity index (χ0v) is 13.7. The molecule has 0 aliphatic carbocycles. The van der Waals surface area contributed by atoms with E-state index < -0.39 is 0 Å². The molecule has 21 heavy (non-hydrogen) atoms. The maximum absolute atomic E-state index is 12.7. The molecular weight excluding hydrogens is 336 g/mol. The molecule has 2 aliphatic heterocycles. The normalized spacial score (nSPS) is 20.4. The number of carbonyl (C=O) groups is 1. The standard InChI is InChI=1S/C15H19BrN2O3/c1-2-3-7-21-14-12-15(20)18-6-4-5-10(18)8-17(12)9-11(16)13(14)19/h9-10H,2-8H2,1H3/t10-/m1/s1. The van der Waals surface area contributed by atoms with E-state index in [2.05, 4.69) is 22.9 Å². The second-order valence-corrected chi connectivity index (χ2v) is 6.49. The molecule has 1 atom stereocenters. The fourth-order valence-electron chi connectivity index (χ4n) is 3.08. The van der Waals surface area contributed by atoms with Gasteiger partial charge in [0.1, 0.15) is 0 Å². The molecule has 3 rings (SSSR count). The Morgan fingerprint density at radius 3 is 3.00 bits per heavy atom. The largest absolute Gasteiger partial charge is 0.487 e. The minimum Gasteiger partial charge on any atom is -0.487 e. The maximum Gasteiger partial charge on any atom is 0.274 e. The fraction of sp³-hybridized carbons (Fsp3) is 0.600. The van der Waals surface area contributed by atoms with Crippen LogP contribution < -0.4 is 10.2 Å². The summed E-state index contributed by atoms with van der Waals surface area (Å²) >= 11 is 3.29. The number of rotatable bonds is 4. The first kappa shape index (κ1) is 14.6. The first-order valence-corrected chi connectivity index (χ1v) is 8.29. The zero-order chi connectivity index (χ0) is 15.0. The third kappa shape index (κ3) is 2.50. The zero-order valence-electron chi connectivity index (χ0n) is 12.1. The third-order valence-corrected chi connectivity index (χ3v) is 4.75. The second-order valence-electron chi connectivity index (χ2n) is 5.63. The van der Waals surface area contributed by atoms with Crippen LogP contribution >= 0.6 is 15.9 Å². The number of unbranched alkanes of at least 4 members (excludes halogenated alkanes) is 1. The highest BCUT2D eigenvalue weighted by atomic mass is 79.9. The highest BCUT2D eigenvalue weighted by Gasteiger charge is 2.38. The first-order valence-electron chi connectivity index (χ1n) is 7.50. The summed E-state index contributed by atoms with van der Waals surface area (Å²) in [5.74, 6) is 0.132. The number of ether oxygens (including phenoxy) is 1. The highest BCUT2D eigenvalue weighted by molar-refractivity contribution is 9.10. The van der Waals surface area contributed by atoms with Crippen molar-refractivity contribution >= 4 is 21.8 Å². The molecule has 3 heterocycles. The summed E-state index contributed by atoms with van der Waals surface area (Å²) in [6.45, 7) is 4.05. The molecule has 0 saturated carbocycles. The summed E-state index contributed by atoms with van der Waals surface area (Å²) in [7, 11) is 0. The van der Waals surface area contributed by atoms with Gasteiger partial charge in [0.2, 0.25) is 5.43 Å². The van der Waals surface area contributed by atoms with Gasteiger partial charge in [0.15, 0.2) is 11.4 Å². The molecular formula is C15H19BrN2O3. The molecule has 1 saturated heterocycles. The van der Waals surface area contributed by atoms with E-state index in [1.807, 2.05) is 9.47 Å². The van der Waals surface area contributed by atoms with Crippen molar-refractivity contribution in [1.82, 2.24) is 9.47 Å². The van der Waals surface area contributed by atoms with Gasteiger partial charge in [-0.3, -0.25) is 9.59 Å². The fourth-order valence-corrected chi connectivity index (χ4v) is 3.51. The van der Waals surface area contributed by atoms with Crippen LogP contribution in [0.2, 0.25) is 0 Å². The van der Waals surface area contributed by atoms with Gasteiger partial charge in [-0.15, -0.1) is 0 Å². The van der Waals surface area contributed by atoms with Crippen LogP contribution in [0.25, 0.3) is 0 Å². The van der Waals surface area contributed by atoms with Gasteiger partial charge in [0, 0.05) is 19.3 Å². The molecule has 2 aliphatic rings. The summed E-state index contributed by atoms with van der Waals surface area (Å²) in [5.41, 5.74) is 0.181. The van der Waals surface area contributed by atoms with Crippen molar-refractivity contribution < 1.29 is 9.53 Å². The van der Waals surface area contributed by atoms with Crippen molar-refractivity contribution in [3.05, 3.63) is 26.6 Å². The van der Waals surface area contributed by atoms with Gasteiger partial charge >= 0.3 is 0 Å². The monoisotopic (exact) mass is 354 g/mol. The molecule has 1 aromatic heterocycles. The van der Waals surface area contributed by atoms with Crippen LogP contribution in [0.15, 0.2) is 15.5 Å². The third-order valence-electron chi connectivity index (χ3n) is 4.19. The number of fused-ring (bicyclic) bond motifs is 2. The summed E-state index contributed by atoms with van der Waals surface area (Å²) in [6, 6.07) is 0.253. The van der Waals surface area contributed by atoms with Gasteiger partial charge in [-0.2, -0.15) is 0 Å². The van der Waals surface area contributed by atoms with E-state index in [-0.39, 0.29) is 23.1 Å². The number of carbonyl (C=O) groups excluding carboxylic acids is 1. The molecule has 0 spiro atoms. The second kappa shape index (κ2) is 5.83. The average molecular weight is 355 g/mol. The van der Waals surface area contributed by atoms with E-state index in [0.717, 1.165) is 38.8 Å². The van der Waals surface area contributed by atoms with Crippen LogP contribution in [0.3, 0.4) is 0 Å². The van der Waals surface area contributed by atoms with Crippen LogP contribution in [0.5, 0.6) is 5.75 Å². The maximum atomic E-state index is 12.7. The minimum absolute atomic E-state index is 0.0696. The lowest BCUT2D eigenvalue weighted by atomic mass is 10.1. The Labute approximate surface area is 132 Å². The lowest BCUT2D eigenvalue weighted by Crippen LogP contribution is -2.45. The molecule has 0 N–H and O–H groups in total. The van der Waals surface area contributed by atoms with Crippen LogP contribution in [0, 0.1) is 0 Å². The molecule has 5 nitrogen and oxygen atoms in total. The van der Waals surface area contributed by atoms with Gasteiger partial charge < -0.3 is 14.2 Å². The van der Waals surface area contributed by atoms with Crippen LogP contribution in [-0.2, 0) is 6.54 Å². The Hall–Kier alpha value is -1.30. The lowest BCUT2D eigenvalue weighted by Gasteiger charge is -2.33. The topological polar surface area (TPSA) is 51.5 Å². The smallest absolute Gasteiger partial charge is 0.274 e. The van der Waals surface area contributed by atoms with E-state index in [1.54, 1.807) is 6.20 Å². The van der Waals surface area contributed by atoms with Gasteiger partial charge in [0.05, 0.1) is 17.1 Å². The van der Waals surface area contributed by atoms with Crippen molar-refractivity contribution in [2.24, 2.45) is 0 Å². The van der Waals surface area contributed by atoms with Gasteiger partial charge in [-0.25, -0.2) is 0 Å². The SMILES string of the molecule is CCCCOc1c2n(cc(Br)c1=O)C[C@H]1CCCN1C2=O. The van der Waals surface area contributed by atoms with Crippen LogP contribution in [0.4, 0.5) is 0 Å². The molecule has 0 unspecified atom stereocenters. The van der Waals surface area contributed by atoms with E-state index in [0.29, 0.717) is 16.8 Å². The Bertz CT molecular complexity index is 626. The molecule has 1 amide bonds. The first-order chi connectivity index (χ1) is 10.1. The Morgan fingerprint density at radius 1 is 1.43 bits per heavy atom. The van der Waals surface area contributed by atoms with Crippen molar-refractivity contribution in [3.8, 4) is 5.75 Å². The summed E-state index contributed by atoms with van der Waals surface area (Å²) in [6.07, 6.45) is 5.63. The van der Waals surface area contributed by atoms with Gasteiger partial charge in [-0.1, -0.05) is 13.3 Å². The highest BCUT2D eigenvalue weighted by Crippen LogP contribution is 2.30. The van der Waals surface area contributed by atoms with Crippen LogP contribution in [0.1, 0.15) is 43.1 Å². The molecule has 6 heteroatoms. The lowest BCUT2D eigenvalue weighted by molar-refractivity contribution is 0.0658. The number of halogens is 1. The summed E-state index contributed by atoms with van der Waals surface area (Å²) in [5, 5.41) is 0. The molecule has 0 bridgehead atoms. The van der Waals surface area contributed by atoms with Gasteiger partial charge in [-0.05, 0) is 35.2 Å². The van der Waals surface area contributed by atoms with E-state index in [4.69, 9.17) is 4.74 Å². The molecule has 1 aromatic rings. The Balaban J connectivity index is 2.04. The Kier molecular flexibility index (Phi) is 4.06. The molecule has 0 aromatic carbocycles. The van der Waals surface area contributed by atoms with Crippen molar-refractivity contribution in [2.45, 2.75) is 45.2 Å². The van der Waals surface area contributed by atoms with E-state index >= 15 is 0 Å². The van der Waals surface area contributed by atoms with E-state index in [1.165, 1.54) is 0 Å². The van der Waals surface area contributed by atoms with E-state index in [9.17, 15) is 9.59 Å². The van der Waals surface area contributed by atoms with Crippen molar-refractivity contribution in [2.75, 3.05) is 13.2 Å². The van der Waals surface area contributed by atoms with Crippen molar-refractivity contribution in [1.29, 1.82) is 0 Å². The quantitative estimate of drug-likeness (QED) is 0.780. The predicted molar refractivity (Wildman–Crippen MR) is 82.9 cm³/mol. The summed E-state index contributed by atoms with van der Waals surface area (Å²) in [4.78, 5) is 26.9. The average Bonchev–Trinajstić information content (AvgIpc) is 2.92. The Morgan fingerprint density at radius 2 is 2.24 bits per heavy atom. The van der Waals surface area contributed by atoms with Gasteiger partial charge in [0.25, 0.3) is 5.91 Å². The number of pyridine rings is 1. The number of amides is 1. The molecule has 114 valence electrons. The molecule has 1 fully saturated rings. The number of hydrogen-bond acceptors (Lipinski definition) is 3. The number of hydrogen-bond donors (Lipinski definition) is 0. The molecule has 0 radical (unpaired) electrons. The number of nitrogens with zero attached hydrogens (tertiary/aromatic N) is 2. The summed E-state index contributed by atoms with van der Waals surface area (Å²) < 4.78 is 8.00. The van der Waals surface area contributed by atoms with Crippen LogP contribution in [-0.4, -0.2) is 34.6 Å². The predicted octanol–water partition coefficient (Wildman–Crippen LogP) is 2.41. The minimum atomic E-state index is -0.233.